The molecule has 6 N–H and O–H groups in total. The van der Waals surface area contributed by atoms with Crippen LogP contribution in [-0.2, 0) is 22.6 Å². The number of allylic oxidation sites excluding steroid dienone is 2. The van der Waals surface area contributed by atoms with Crippen LogP contribution in [0.5, 0.6) is 5.75 Å². The summed E-state index contributed by atoms with van der Waals surface area (Å²) in [5, 5.41) is 43.8. The molecule has 0 fully saturated rings. The van der Waals surface area contributed by atoms with Crippen LogP contribution >= 0.6 is 11.6 Å². The van der Waals surface area contributed by atoms with E-state index in [1.807, 2.05) is 6.92 Å². The number of phenolic OH excluding ortho intramolecular Hbond substituents is 1. The lowest BCUT2D eigenvalue weighted by molar-refractivity contribution is -0.144. The number of hydrogen-bond acceptors (Lipinski definition) is 8. The number of hydrogen-bond donors (Lipinski definition) is 5. The first-order chi connectivity index (χ1) is 17.0. The van der Waals surface area contributed by atoms with Gasteiger partial charge in [0.1, 0.15) is 22.8 Å². The smallest absolute Gasteiger partial charge is 0.255 e. The van der Waals surface area contributed by atoms with E-state index in [0.717, 1.165) is 25.9 Å². The van der Waals surface area contributed by atoms with E-state index in [-0.39, 0.29) is 36.1 Å². The molecule has 0 heterocycles. The lowest BCUT2D eigenvalue weighted by Crippen LogP contribution is -2.57. The van der Waals surface area contributed by atoms with Crippen LogP contribution in [0.25, 0.3) is 0 Å². The predicted octanol–water partition coefficient (Wildman–Crippen LogP) is 2.86. The van der Waals surface area contributed by atoms with Crippen LogP contribution in [0.4, 0.5) is 0 Å². The van der Waals surface area contributed by atoms with Crippen LogP contribution in [0, 0.1) is 11.8 Å². The van der Waals surface area contributed by atoms with E-state index in [0.29, 0.717) is 22.7 Å². The third-order valence-corrected chi connectivity index (χ3v) is 8.21. The highest BCUT2D eigenvalue weighted by Gasteiger charge is 2.59. The highest BCUT2D eigenvalue weighted by molar-refractivity contribution is 6.33. The fourth-order valence-electron chi connectivity index (χ4n) is 5.81. The summed E-state index contributed by atoms with van der Waals surface area (Å²) in [5.41, 5.74) is 2.72. The Balaban J connectivity index is 1.78. The molecule has 0 aliphatic heterocycles. The molecule has 194 valence electrons. The van der Waals surface area contributed by atoms with E-state index in [9.17, 15) is 34.8 Å². The van der Waals surface area contributed by atoms with Crippen LogP contribution < -0.4 is 5.73 Å². The Kier molecular flexibility index (Phi) is 6.94. The van der Waals surface area contributed by atoms with E-state index in [1.165, 1.54) is 6.07 Å². The van der Waals surface area contributed by atoms with E-state index in [2.05, 4.69) is 11.8 Å². The SMILES string of the molecule is CCCCN(CC)Cc1cc(O)c2c(c1Cl)CC1C[C@H]3CC(O)=C(C(N)=O)C(=O)[C@@]3(O)C(O)=C1C2=O. The lowest BCUT2D eigenvalue weighted by Gasteiger charge is -2.45. The molecule has 0 saturated heterocycles. The Labute approximate surface area is 213 Å². The summed E-state index contributed by atoms with van der Waals surface area (Å²) >= 11 is 6.76. The number of unbranched alkanes of at least 4 members (excludes halogenated alkanes) is 1. The molecule has 1 unspecified atom stereocenters. The van der Waals surface area contributed by atoms with Gasteiger partial charge in [-0.25, -0.2) is 0 Å². The molecule has 0 saturated carbocycles. The number of benzene rings is 1. The molecule has 0 radical (unpaired) electrons. The molecule has 1 amide bonds. The first kappa shape index (κ1) is 26.2. The number of fused-ring (bicyclic) bond motifs is 3. The minimum absolute atomic E-state index is 0.0712. The highest BCUT2D eigenvalue weighted by atomic mass is 35.5. The molecule has 4 rings (SSSR count). The summed E-state index contributed by atoms with van der Waals surface area (Å²) in [7, 11) is 0. The van der Waals surface area contributed by atoms with Crippen molar-refractivity contribution in [2.45, 2.75) is 58.1 Å². The maximum absolute atomic E-state index is 13.5. The van der Waals surface area contributed by atoms with Gasteiger partial charge in [-0.3, -0.25) is 19.3 Å². The Morgan fingerprint density at radius 1 is 1.22 bits per heavy atom. The van der Waals surface area contributed by atoms with Crippen molar-refractivity contribution in [2.75, 3.05) is 13.1 Å². The number of primary amides is 1. The van der Waals surface area contributed by atoms with Crippen LogP contribution in [0.3, 0.4) is 0 Å². The van der Waals surface area contributed by atoms with Crippen molar-refractivity contribution in [2.24, 2.45) is 17.6 Å². The number of aromatic hydroxyl groups is 1. The molecular weight excluding hydrogens is 488 g/mol. The van der Waals surface area contributed by atoms with Crippen molar-refractivity contribution in [1.82, 2.24) is 4.90 Å². The van der Waals surface area contributed by atoms with Gasteiger partial charge in [-0.1, -0.05) is 31.9 Å². The molecule has 1 aromatic carbocycles. The van der Waals surface area contributed by atoms with Crippen molar-refractivity contribution in [3.05, 3.63) is 50.4 Å². The number of ketones is 2. The first-order valence-corrected chi connectivity index (χ1v) is 12.6. The predicted molar refractivity (Wildman–Crippen MR) is 132 cm³/mol. The number of Topliss-reactive ketones (excluding diaryl/α,β-unsaturated/α-hetero) is 2. The number of carbonyl (C=O) groups is 3. The summed E-state index contributed by atoms with van der Waals surface area (Å²) in [6.07, 6.45) is 2.04. The Bertz CT molecular complexity index is 1220. The number of halogens is 1. The third kappa shape index (κ3) is 3.90. The average molecular weight is 519 g/mol. The number of nitrogens with zero attached hydrogens (tertiary/aromatic N) is 1. The number of nitrogens with two attached hydrogens (primary N) is 1. The van der Waals surface area contributed by atoms with Crippen molar-refractivity contribution in [3.8, 4) is 5.75 Å². The second-order valence-electron chi connectivity index (χ2n) is 9.86. The Morgan fingerprint density at radius 2 is 1.92 bits per heavy atom. The molecule has 1 aromatic rings. The third-order valence-electron chi connectivity index (χ3n) is 7.74. The first-order valence-electron chi connectivity index (χ1n) is 12.2. The standard InChI is InChI=1S/C26H31ClN2O7/c1-3-5-6-29(4-2)11-13-9-16(30)19-15(21(13)27)8-12-7-14-10-17(31)20(25(28)35)24(34)26(14,36)23(33)18(12)22(19)32/h9,12,14,30-31,33,36H,3-8,10-11H2,1-2H3,(H2,28,35)/t12?,14-,26-/m0/s1. The van der Waals surface area contributed by atoms with Crippen molar-refractivity contribution < 1.29 is 34.8 Å². The summed E-state index contributed by atoms with van der Waals surface area (Å²) < 4.78 is 0. The summed E-state index contributed by atoms with van der Waals surface area (Å²) in [6, 6.07) is 1.45. The fourth-order valence-corrected chi connectivity index (χ4v) is 6.09. The van der Waals surface area contributed by atoms with E-state index < -0.39 is 52.0 Å². The van der Waals surface area contributed by atoms with Crippen molar-refractivity contribution in [1.29, 1.82) is 0 Å². The zero-order valence-corrected chi connectivity index (χ0v) is 21.1. The zero-order valence-electron chi connectivity index (χ0n) is 20.3. The number of carbonyl (C=O) groups excluding carboxylic acids is 3. The number of rotatable bonds is 7. The van der Waals surface area contributed by atoms with Gasteiger partial charge in [0, 0.05) is 29.5 Å². The number of amides is 1. The van der Waals surface area contributed by atoms with Gasteiger partial charge in [0.05, 0.1) is 5.56 Å². The molecule has 0 aromatic heterocycles. The normalized spacial score (nSPS) is 25.7. The van der Waals surface area contributed by atoms with Gasteiger partial charge in [-0.2, -0.15) is 0 Å². The van der Waals surface area contributed by atoms with Crippen LogP contribution in [0.15, 0.2) is 28.7 Å². The average Bonchev–Trinajstić information content (AvgIpc) is 2.81. The Hall–Kier alpha value is -2.88. The van der Waals surface area contributed by atoms with E-state index in [4.69, 9.17) is 17.3 Å². The van der Waals surface area contributed by atoms with Gasteiger partial charge in [-0.15, -0.1) is 0 Å². The highest BCUT2D eigenvalue weighted by Crippen LogP contribution is 2.52. The molecule has 0 bridgehead atoms. The van der Waals surface area contributed by atoms with Crippen LogP contribution in [-0.4, -0.2) is 61.5 Å². The van der Waals surface area contributed by atoms with E-state index in [1.54, 1.807) is 0 Å². The molecule has 9 nitrogen and oxygen atoms in total. The van der Waals surface area contributed by atoms with Gasteiger partial charge in [-0.05, 0) is 55.5 Å². The van der Waals surface area contributed by atoms with Crippen molar-refractivity contribution in [3.63, 3.8) is 0 Å². The molecule has 0 spiro atoms. The maximum Gasteiger partial charge on any atom is 0.255 e. The molecule has 10 heteroatoms. The molecule has 3 aliphatic rings. The van der Waals surface area contributed by atoms with Gasteiger partial charge in [0.25, 0.3) is 5.91 Å². The fraction of sp³-hybridized carbons (Fsp3) is 0.500. The van der Waals surface area contributed by atoms with Gasteiger partial charge < -0.3 is 26.2 Å². The maximum atomic E-state index is 13.5. The summed E-state index contributed by atoms with van der Waals surface area (Å²) in [6.45, 7) is 6.28. The molecule has 3 atom stereocenters. The second-order valence-corrected chi connectivity index (χ2v) is 10.2. The number of aliphatic hydroxyl groups excluding tert-OH is 2. The summed E-state index contributed by atoms with van der Waals surface area (Å²) in [5.74, 6) is -6.51. The van der Waals surface area contributed by atoms with Crippen molar-refractivity contribution >= 4 is 29.1 Å². The van der Waals surface area contributed by atoms with E-state index >= 15 is 0 Å². The molecule has 3 aliphatic carbocycles. The topological polar surface area (TPSA) is 161 Å². The van der Waals surface area contributed by atoms with Gasteiger partial charge >= 0.3 is 0 Å². The largest absolute Gasteiger partial charge is 0.511 e. The molecular formula is C26H31ClN2O7. The Morgan fingerprint density at radius 3 is 2.53 bits per heavy atom. The van der Waals surface area contributed by atoms with Gasteiger partial charge in [0.2, 0.25) is 5.78 Å². The van der Waals surface area contributed by atoms with Crippen LogP contribution in [0.2, 0.25) is 5.02 Å². The quantitative estimate of drug-likeness (QED) is 0.344. The second kappa shape index (κ2) is 9.53. The monoisotopic (exact) mass is 518 g/mol. The van der Waals surface area contributed by atoms with Gasteiger partial charge in [0.15, 0.2) is 11.4 Å². The minimum atomic E-state index is -2.57. The summed E-state index contributed by atoms with van der Waals surface area (Å²) in [4.78, 5) is 40.5. The minimum Gasteiger partial charge on any atom is -0.511 e. The lowest BCUT2D eigenvalue weighted by atomic mass is 9.60. The molecule has 36 heavy (non-hydrogen) atoms. The van der Waals surface area contributed by atoms with Crippen LogP contribution in [0.1, 0.15) is 61.0 Å². The zero-order chi connectivity index (χ0) is 26.5. The number of aliphatic hydroxyl groups is 3. The number of phenols is 1.